The Balaban J connectivity index is 2.39. The average Bonchev–Trinajstić information content (AvgIpc) is 2.38. The van der Waals surface area contributed by atoms with Crippen molar-refractivity contribution in [3.05, 3.63) is 29.8 Å². The summed E-state index contributed by atoms with van der Waals surface area (Å²) in [7, 11) is 0. The third kappa shape index (κ3) is 5.29. The van der Waals surface area contributed by atoms with Gasteiger partial charge in [0.1, 0.15) is 0 Å². The molecule has 0 saturated heterocycles. The van der Waals surface area contributed by atoms with Gasteiger partial charge < -0.3 is 15.7 Å². The Kier molecular flexibility index (Phi) is 6.39. The number of hydrogen-bond acceptors (Lipinski definition) is 3. The first-order valence-electron chi connectivity index (χ1n) is 6.38. The Morgan fingerprint density at radius 1 is 1.33 bits per heavy atom. The summed E-state index contributed by atoms with van der Waals surface area (Å²) in [6.07, 6.45) is 1.65. The van der Waals surface area contributed by atoms with Gasteiger partial charge in [0.25, 0.3) is 0 Å². The summed E-state index contributed by atoms with van der Waals surface area (Å²) in [5.74, 6) is -0.0368. The first-order chi connectivity index (χ1) is 8.65. The fourth-order valence-corrected chi connectivity index (χ4v) is 1.50. The number of carbonyl (C=O) groups is 1. The van der Waals surface area contributed by atoms with Crippen molar-refractivity contribution in [3.63, 3.8) is 0 Å². The lowest BCUT2D eigenvalue weighted by Gasteiger charge is -2.11. The van der Waals surface area contributed by atoms with Gasteiger partial charge in [0.05, 0.1) is 6.54 Å². The van der Waals surface area contributed by atoms with Gasteiger partial charge in [-0.15, -0.1) is 0 Å². The molecule has 0 aliphatic heterocycles. The summed E-state index contributed by atoms with van der Waals surface area (Å²) in [6.45, 7) is 4.60. The van der Waals surface area contributed by atoms with Crippen molar-refractivity contribution in [1.82, 2.24) is 5.32 Å². The zero-order valence-corrected chi connectivity index (χ0v) is 11.1. The van der Waals surface area contributed by atoms with E-state index in [-0.39, 0.29) is 12.5 Å². The zero-order chi connectivity index (χ0) is 13.4. The highest BCUT2D eigenvalue weighted by molar-refractivity contribution is 5.92. The summed E-state index contributed by atoms with van der Waals surface area (Å²) in [5, 5.41) is 14.8. The number of aliphatic hydroxyl groups is 1. The van der Waals surface area contributed by atoms with Gasteiger partial charge >= 0.3 is 0 Å². The highest BCUT2D eigenvalue weighted by Crippen LogP contribution is 2.09. The summed E-state index contributed by atoms with van der Waals surface area (Å²) in [4.78, 5) is 11.6. The van der Waals surface area contributed by atoms with Crippen LogP contribution in [0.4, 0.5) is 5.69 Å². The maximum atomic E-state index is 11.6. The number of carbonyl (C=O) groups excluding carboxylic acids is 1. The van der Waals surface area contributed by atoms with Crippen LogP contribution >= 0.6 is 0 Å². The smallest absolute Gasteiger partial charge is 0.238 e. The molecule has 1 atom stereocenters. The lowest BCUT2D eigenvalue weighted by molar-refractivity contribution is -0.115. The van der Waals surface area contributed by atoms with Crippen molar-refractivity contribution >= 4 is 11.6 Å². The van der Waals surface area contributed by atoms with Crippen LogP contribution in [0, 0.1) is 0 Å². The highest BCUT2D eigenvalue weighted by Gasteiger charge is 2.04. The van der Waals surface area contributed by atoms with Crippen molar-refractivity contribution in [1.29, 1.82) is 0 Å². The van der Waals surface area contributed by atoms with Crippen molar-refractivity contribution in [2.75, 3.05) is 18.5 Å². The van der Waals surface area contributed by atoms with Crippen LogP contribution in [0.15, 0.2) is 24.3 Å². The van der Waals surface area contributed by atoms with E-state index < -0.39 is 0 Å². The minimum atomic E-state index is -0.0368. The standard InChI is InChI=1S/C14H22N2O2/c1-3-11(2)15-10-14(18)16-13-6-4-12(5-7-13)8-9-17/h4-7,11,15,17H,3,8-10H2,1-2H3,(H,16,18). The number of amides is 1. The Morgan fingerprint density at radius 3 is 2.56 bits per heavy atom. The van der Waals surface area contributed by atoms with Gasteiger partial charge in [-0.05, 0) is 37.5 Å². The van der Waals surface area contributed by atoms with Crippen molar-refractivity contribution < 1.29 is 9.90 Å². The largest absolute Gasteiger partial charge is 0.396 e. The monoisotopic (exact) mass is 250 g/mol. The van der Waals surface area contributed by atoms with E-state index >= 15 is 0 Å². The van der Waals surface area contributed by atoms with E-state index in [0.29, 0.717) is 19.0 Å². The van der Waals surface area contributed by atoms with Crippen molar-refractivity contribution in [2.45, 2.75) is 32.7 Å². The van der Waals surface area contributed by atoms with Crippen LogP contribution in [0.5, 0.6) is 0 Å². The quantitative estimate of drug-likeness (QED) is 0.688. The van der Waals surface area contributed by atoms with Crippen molar-refractivity contribution in [2.24, 2.45) is 0 Å². The Hall–Kier alpha value is -1.39. The first kappa shape index (κ1) is 14.7. The molecule has 1 rings (SSSR count). The van der Waals surface area contributed by atoms with Crippen LogP contribution in [0.25, 0.3) is 0 Å². The predicted octanol–water partition coefficient (Wildman–Crippen LogP) is 1.55. The normalized spacial score (nSPS) is 12.2. The minimum Gasteiger partial charge on any atom is -0.396 e. The van der Waals surface area contributed by atoms with E-state index in [0.717, 1.165) is 17.7 Å². The number of anilines is 1. The number of rotatable bonds is 7. The Labute approximate surface area is 108 Å². The molecule has 0 aliphatic rings. The summed E-state index contributed by atoms with van der Waals surface area (Å²) in [6, 6.07) is 7.88. The lowest BCUT2D eigenvalue weighted by Crippen LogP contribution is -2.33. The van der Waals surface area contributed by atoms with E-state index in [4.69, 9.17) is 5.11 Å². The zero-order valence-electron chi connectivity index (χ0n) is 11.1. The SMILES string of the molecule is CCC(C)NCC(=O)Nc1ccc(CCO)cc1. The number of benzene rings is 1. The first-order valence-corrected chi connectivity index (χ1v) is 6.38. The molecule has 1 aromatic carbocycles. The summed E-state index contributed by atoms with van der Waals surface area (Å²) >= 11 is 0. The van der Waals surface area contributed by atoms with Gasteiger partial charge in [0, 0.05) is 18.3 Å². The summed E-state index contributed by atoms with van der Waals surface area (Å²) in [5.41, 5.74) is 1.85. The lowest BCUT2D eigenvalue weighted by atomic mass is 10.1. The number of hydrogen-bond donors (Lipinski definition) is 3. The molecule has 4 nitrogen and oxygen atoms in total. The molecule has 18 heavy (non-hydrogen) atoms. The highest BCUT2D eigenvalue weighted by atomic mass is 16.2. The van der Waals surface area contributed by atoms with Gasteiger partial charge in [0.2, 0.25) is 5.91 Å². The maximum absolute atomic E-state index is 11.6. The second-order valence-corrected chi connectivity index (χ2v) is 4.41. The van der Waals surface area contributed by atoms with Gasteiger partial charge in [-0.2, -0.15) is 0 Å². The third-order valence-corrected chi connectivity index (χ3v) is 2.86. The van der Waals surface area contributed by atoms with Crippen LogP contribution < -0.4 is 10.6 Å². The molecule has 1 unspecified atom stereocenters. The molecule has 1 aromatic rings. The van der Waals surface area contributed by atoms with E-state index in [1.54, 1.807) is 0 Å². The van der Waals surface area contributed by atoms with Gasteiger partial charge in [0.15, 0.2) is 0 Å². The van der Waals surface area contributed by atoms with Crippen molar-refractivity contribution in [3.8, 4) is 0 Å². The van der Waals surface area contributed by atoms with Crippen LogP contribution in [-0.4, -0.2) is 30.2 Å². The molecule has 0 aliphatic carbocycles. The molecule has 3 N–H and O–H groups in total. The van der Waals surface area contributed by atoms with Crippen LogP contribution in [0.1, 0.15) is 25.8 Å². The van der Waals surface area contributed by atoms with E-state index in [2.05, 4.69) is 24.5 Å². The number of nitrogens with one attached hydrogen (secondary N) is 2. The molecule has 1 amide bonds. The second kappa shape index (κ2) is 7.84. The maximum Gasteiger partial charge on any atom is 0.238 e. The van der Waals surface area contributed by atoms with Crippen LogP contribution in [0.3, 0.4) is 0 Å². The molecule has 0 fully saturated rings. The second-order valence-electron chi connectivity index (χ2n) is 4.41. The minimum absolute atomic E-state index is 0.0368. The van der Waals surface area contributed by atoms with E-state index in [1.807, 2.05) is 24.3 Å². The van der Waals surface area contributed by atoms with Crippen LogP contribution in [-0.2, 0) is 11.2 Å². The molecule has 0 saturated carbocycles. The fraction of sp³-hybridized carbons (Fsp3) is 0.500. The van der Waals surface area contributed by atoms with Gasteiger partial charge in [-0.1, -0.05) is 19.1 Å². The van der Waals surface area contributed by atoms with E-state index in [9.17, 15) is 4.79 Å². The Bertz CT molecular complexity index is 363. The molecule has 100 valence electrons. The van der Waals surface area contributed by atoms with E-state index in [1.165, 1.54) is 0 Å². The topological polar surface area (TPSA) is 61.4 Å². The average molecular weight is 250 g/mol. The fourth-order valence-electron chi connectivity index (χ4n) is 1.50. The molecule has 0 heterocycles. The molecular formula is C14H22N2O2. The van der Waals surface area contributed by atoms with Gasteiger partial charge in [-0.25, -0.2) is 0 Å². The predicted molar refractivity (Wildman–Crippen MR) is 73.6 cm³/mol. The molecule has 0 bridgehead atoms. The molecule has 0 radical (unpaired) electrons. The molecule has 0 aromatic heterocycles. The molecule has 4 heteroatoms. The molecule has 0 spiro atoms. The van der Waals surface area contributed by atoms with Crippen LogP contribution in [0.2, 0.25) is 0 Å². The molecular weight excluding hydrogens is 228 g/mol. The van der Waals surface area contributed by atoms with Gasteiger partial charge in [-0.3, -0.25) is 4.79 Å². The third-order valence-electron chi connectivity index (χ3n) is 2.86. The summed E-state index contributed by atoms with van der Waals surface area (Å²) < 4.78 is 0. The number of aliphatic hydroxyl groups excluding tert-OH is 1. The Morgan fingerprint density at radius 2 is 2.00 bits per heavy atom.